The Morgan fingerprint density at radius 2 is 2.00 bits per heavy atom. The predicted molar refractivity (Wildman–Crippen MR) is 110 cm³/mol. The summed E-state index contributed by atoms with van der Waals surface area (Å²) in [5.41, 5.74) is 3.78. The molecule has 1 aliphatic heterocycles. The smallest absolute Gasteiger partial charge is 0.251 e. The molecule has 1 fully saturated rings. The highest BCUT2D eigenvalue weighted by atomic mass is 16.1. The van der Waals surface area contributed by atoms with Crippen molar-refractivity contribution in [3.05, 3.63) is 71.5 Å². The highest BCUT2D eigenvalue weighted by Gasteiger charge is 2.19. The average Bonchev–Trinajstić information content (AvgIpc) is 3.30. The van der Waals surface area contributed by atoms with Crippen LogP contribution in [-0.2, 0) is 13.1 Å². The Balaban J connectivity index is 1.43. The van der Waals surface area contributed by atoms with Crippen LogP contribution in [0.4, 0.5) is 0 Å². The lowest BCUT2D eigenvalue weighted by Gasteiger charge is -2.33. The van der Waals surface area contributed by atoms with Crippen LogP contribution in [0.15, 0.2) is 54.9 Å². The zero-order valence-electron chi connectivity index (χ0n) is 16.7. The van der Waals surface area contributed by atoms with E-state index >= 15 is 0 Å². The van der Waals surface area contributed by atoms with Gasteiger partial charge < -0.3 is 5.32 Å². The van der Waals surface area contributed by atoms with E-state index < -0.39 is 0 Å². The van der Waals surface area contributed by atoms with E-state index in [2.05, 4.69) is 50.9 Å². The van der Waals surface area contributed by atoms with Gasteiger partial charge in [-0.05, 0) is 66.1 Å². The number of likely N-dealkylation sites (tertiary alicyclic amines) is 1. The maximum absolute atomic E-state index is 12.7. The third-order valence-electron chi connectivity index (χ3n) is 5.59. The van der Waals surface area contributed by atoms with E-state index in [1.165, 1.54) is 35.8 Å². The lowest BCUT2D eigenvalue weighted by atomic mass is 10.0. The highest BCUT2D eigenvalue weighted by molar-refractivity contribution is 5.94. The molecule has 0 aliphatic carbocycles. The number of piperidine rings is 1. The normalized spacial score (nSPS) is 17.2. The quantitative estimate of drug-likeness (QED) is 0.700. The van der Waals surface area contributed by atoms with Crippen LogP contribution in [0.5, 0.6) is 0 Å². The lowest BCUT2D eigenvalue weighted by Crippen LogP contribution is -2.37. The summed E-state index contributed by atoms with van der Waals surface area (Å²) in [6, 6.07) is 16.3. The van der Waals surface area contributed by atoms with E-state index in [-0.39, 0.29) is 5.91 Å². The molecule has 0 bridgehead atoms. The number of hydrogen-bond acceptors (Lipinski definition) is 5. The van der Waals surface area contributed by atoms with Gasteiger partial charge in [-0.3, -0.25) is 9.69 Å². The molecular weight excluding hydrogens is 364 g/mol. The summed E-state index contributed by atoms with van der Waals surface area (Å²) < 4.78 is 1.53. The van der Waals surface area contributed by atoms with Crippen LogP contribution in [0.2, 0.25) is 0 Å². The molecule has 3 aromatic rings. The topological polar surface area (TPSA) is 75.9 Å². The Hall–Kier alpha value is -3.06. The predicted octanol–water partition coefficient (Wildman–Crippen LogP) is 2.97. The van der Waals surface area contributed by atoms with Crippen LogP contribution in [0.25, 0.3) is 5.69 Å². The van der Waals surface area contributed by atoms with Gasteiger partial charge in [-0.25, -0.2) is 4.68 Å². The number of carbonyl (C=O) groups is 1. The number of aromatic nitrogens is 4. The van der Waals surface area contributed by atoms with Crippen molar-refractivity contribution in [1.29, 1.82) is 0 Å². The van der Waals surface area contributed by atoms with E-state index in [4.69, 9.17) is 0 Å². The molecule has 2 heterocycles. The lowest BCUT2D eigenvalue weighted by molar-refractivity contribution is 0.0950. The summed E-state index contributed by atoms with van der Waals surface area (Å²) in [4.78, 5) is 15.3. The van der Waals surface area contributed by atoms with E-state index in [0.717, 1.165) is 24.3 Å². The first-order valence-electron chi connectivity index (χ1n) is 10.1. The van der Waals surface area contributed by atoms with Crippen LogP contribution in [0, 0.1) is 0 Å². The van der Waals surface area contributed by atoms with Gasteiger partial charge in [0.25, 0.3) is 5.91 Å². The summed E-state index contributed by atoms with van der Waals surface area (Å²) in [6.45, 7) is 4.89. The molecule has 0 saturated carbocycles. The van der Waals surface area contributed by atoms with Gasteiger partial charge in [-0.15, -0.1) is 5.10 Å². The first-order valence-corrected chi connectivity index (χ1v) is 10.1. The molecule has 29 heavy (non-hydrogen) atoms. The summed E-state index contributed by atoms with van der Waals surface area (Å²) in [6.07, 6.45) is 5.35. The Morgan fingerprint density at radius 3 is 2.79 bits per heavy atom. The number of carbonyl (C=O) groups excluding carboxylic acids is 1. The molecule has 0 spiro atoms. The van der Waals surface area contributed by atoms with Gasteiger partial charge in [-0.2, -0.15) is 0 Å². The van der Waals surface area contributed by atoms with Crippen LogP contribution in [0.3, 0.4) is 0 Å². The highest BCUT2D eigenvalue weighted by Crippen LogP contribution is 2.21. The molecule has 1 amide bonds. The average molecular weight is 390 g/mol. The van der Waals surface area contributed by atoms with Crippen molar-refractivity contribution in [2.24, 2.45) is 0 Å². The molecule has 1 atom stereocenters. The van der Waals surface area contributed by atoms with Gasteiger partial charge in [0.2, 0.25) is 0 Å². The maximum Gasteiger partial charge on any atom is 0.251 e. The van der Waals surface area contributed by atoms with Crippen LogP contribution >= 0.6 is 0 Å². The standard InChI is InChI=1S/C22H26N6O/c1-17-7-4-5-12-27(17)15-20-9-3-2-8-19(20)14-23-22(29)18-10-6-11-21(13-18)28-16-24-25-26-28/h2-3,6,8-11,13,16-17H,4-5,7,12,14-15H2,1H3,(H,23,29). The minimum atomic E-state index is -0.110. The van der Waals surface area contributed by atoms with Gasteiger partial charge in [0.1, 0.15) is 6.33 Å². The SMILES string of the molecule is CC1CCCCN1Cc1ccccc1CNC(=O)c1cccc(-n2cnnn2)c1. The van der Waals surface area contributed by atoms with Gasteiger partial charge >= 0.3 is 0 Å². The summed E-state index contributed by atoms with van der Waals surface area (Å²) in [5, 5.41) is 14.2. The zero-order chi connectivity index (χ0) is 20.1. The Kier molecular flexibility index (Phi) is 5.95. The molecule has 1 saturated heterocycles. The molecule has 1 unspecified atom stereocenters. The molecule has 1 aromatic heterocycles. The van der Waals surface area contributed by atoms with Gasteiger partial charge in [0.05, 0.1) is 5.69 Å². The minimum Gasteiger partial charge on any atom is -0.348 e. The Bertz CT molecular complexity index is 955. The second-order valence-electron chi connectivity index (χ2n) is 7.57. The van der Waals surface area contributed by atoms with Crippen molar-refractivity contribution in [2.75, 3.05) is 6.54 Å². The number of rotatable bonds is 6. The zero-order valence-corrected chi connectivity index (χ0v) is 16.7. The van der Waals surface area contributed by atoms with Gasteiger partial charge in [0, 0.05) is 24.7 Å². The Labute approximate surface area is 170 Å². The number of benzene rings is 2. The summed E-state index contributed by atoms with van der Waals surface area (Å²) >= 11 is 0. The molecule has 7 nitrogen and oxygen atoms in total. The molecule has 1 N–H and O–H groups in total. The van der Waals surface area contributed by atoms with Crippen molar-refractivity contribution in [1.82, 2.24) is 30.4 Å². The van der Waals surface area contributed by atoms with E-state index in [9.17, 15) is 4.79 Å². The molecule has 0 radical (unpaired) electrons. The molecule has 2 aromatic carbocycles. The molecule has 1 aliphatic rings. The third kappa shape index (κ3) is 4.68. The molecule has 4 rings (SSSR count). The van der Waals surface area contributed by atoms with E-state index in [1.807, 2.05) is 18.2 Å². The van der Waals surface area contributed by atoms with Crippen molar-refractivity contribution < 1.29 is 4.79 Å². The Morgan fingerprint density at radius 1 is 1.14 bits per heavy atom. The maximum atomic E-state index is 12.7. The third-order valence-corrected chi connectivity index (χ3v) is 5.59. The van der Waals surface area contributed by atoms with Gasteiger partial charge in [0.15, 0.2) is 0 Å². The van der Waals surface area contributed by atoms with Crippen molar-refractivity contribution in [3.8, 4) is 5.69 Å². The van der Waals surface area contributed by atoms with Crippen LogP contribution in [-0.4, -0.2) is 43.6 Å². The van der Waals surface area contributed by atoms with Crippen molar-refractivity contribution in [3.63, 3.8) is 0 Å². The number of nitrogens with one attached hydrogen (secondary N) is 1. The second-order valence-corrected chi connectivity index (χ2v) is 7.57. The molecular formula is C22H26N6O. The number of nitrogens with zero attached hydrogens (tertiary/aromatic N) is 5. The fourth-order valence-electron chi connectivity index (χ4n) is 3.84. The second kappa shape index (κ2) is 8.96. The first kappa shape index (κ1) is 19.3. The number of tetrazole rings is 1. The fourth-order valence-corrected chi connectivity index (χ4v) is 3.84. The van der Waals surface area contributed by atoms with Crippen molar-refractivity contribution >= 4 is 5.91 Å². The largest absolute Gasteiger partial charge is 0.348 e. The first-order chi connectivity index (χ1) is 14.2. The number of amides is 1. The molecule has 7 heteroatoms. The molecule has 150 valence electrons. The van der Waals surface area contributed by atoms with Gasteiger partial charge in [-0.1, -0.05) is 36.8 Å². The fraction of sp³-hybridized carbons (Fsp3) is 0.364. The van der Waals surface area contributed by atoms with E-state index in [0.29, 0.717) is 18.2 Å². The number of hydrogen-bond donors (Lipinski definition) is 1. The van der Waals surface area contributed by atoms with E-state index in [1.54, 1.807) is 12.1 Å². The van der Waals surface area contributed by atoms with Crippen LogP contribution in [0.1, 0.15) is 47.7 Å². The summed E-state index contributed by atoms with van der Waals surface area (Å²) in [5.74, 6) is -0.110. The monoisotopic (exact) mass is 390 g/mol. The van der Waals surface area contributed by atoms with Crippen LogP contribution < -0.4 is 5.32 Å². The van der Waals surface area contributed by atoms with Crippen molar-refractivity contribution in [2.45, 2.75) is 45.3 Å². The minimum absolute atomic E-state index is 0.110. The summed E-state index contributed by atoms with van der Waals surface area (Å²) in [7, 11) is 0.